The van der Waals surface area contributed by atoms with Gasteiger partial charge in [-0.3, -0.25) is 14.7 Å². The van der Waals surface area contributed by atoms with Crippen LogP contribution in [-0.4, -0.2) is 47.2 Å². The van der Waals surface area contributed by atoms with Crippen molar-refractivity contribution in [2.45, 2.75) is 6.54 Å². The van der Waals surface area contributed by atoms with E-state index in [1.807, 2.05) is 6.07 Å². The molecule has 1 amide bonds. The van der Waals surface area contributed by atoms with E-state index in [2.05, 4.69) is 19.9 Å². The van der Waals surface area contributed by atoms with Gasteiger partial charge in [0.2, 0.25) is 5.88 Å². The van der Waals surface area contributed by atoms with Crippen LogP contribution < -0.4 is 19.1 Å². The Bertz CT molecular complexity index is 1250. The van der Waals surface area contributed by atoms with Crippen molar-refractivity contribution in [2.75, 3.05) is 26.2 Å². The minimum atomic E-state index is -0.415. The van der Waals surface area contributed by atoms with E-state index < -0.39 is 5.91 Å². The first-order chi connectivity index (χ1) is 15.5. The van der Waals surface area contributed by atoms with Crippen molar-refractivity contribution in [2.24, 2.45) is 0 Å². The molecule has 0 unspecified atom stereocenters. The van der Waals surface area contributed by atoms with Crippen LogP contribution in [0.4, 0.5) is 5.13 Å². The fourth-order valence-corrected chi connectivity index (χ4v) is 4.22. The molecule has 3 heterocycles. The molecule has 0 fully saturated rings. The zero-order valence-corrected chi connectivity index (χ0v) is 19.0. The predicted octanol–water partition coefficient (Wildman–Crippen LogP) is 4.01. The van der Waals surface area contributed by atoms with Gasteiger partial charge in [0.25, 0.3) is 5.91 Å². The Labute approximate surface area is 192 Å². The first-order valence-electron chi connectivity index (χ1n) is 9.35. The Morgan fingerprint density at radius 1 is 1.09 bits per heavy atom. The summed E-state index contributed by atoms with van der Waals surface area (Å²) < 4.78 is 16.4. The molecule has 4 rings (SSSR count). The lowest BCUT2D eigenvalue weighted by atomic mass is 10.2. The molecule has 0 saturated heterocycles. The first kappa shape index (κ1) is 21.7. The van der Waals surface area contributed by atoms with Crippen molar-refractivity contribution in [3.63, 3.8) is 0 Å². The number of benzene rings is 1. The number of halogens is 1. The molecule has 0 saturated carbocycles. The number of hydrogen-bond donors (Lipinski definition) is 0. The largest absolute Gasteiger partial charge is 0.494 e. The van der Waals surface area contributed by atoms with E-state index in [-0.39, 0.29) is 24.1 Å². The molecule has 0 spiro atoms. The molecule has 3 aromatic heterocycles. The third-order valence-electron chi connectivity index (χ3n) is 4.50. The summed E-state index contributed by atoms with van der Waals surface area (Å²) >= 11 is 7.67. The van der Waals surface area contributed by atoms with Gasteiger partial charge in [-0.2, -0.15) is 9.97 Å². The number of hydrogen-bond acceptors (Lipinski definition) is 9. The maximum absolute atomic E-state index is 13.6. The van der Waals surface area contributed by atoms with Gasteiger partial charge in [0.05, 0.1) is 37.6 Å². The molecule has 1 aromatic carbocycles. The second-order valence-corrected chi connectivity index (χ2v) is 7.84. The number of carbonyl (C=O) groups excluding carboxylic acids is 1. The lowest BCUT2D eigenvalue weighted by molar-refractivity contribution is 0.0978. The molecular weight excluding hydrogens is 454 g/mol. The standard InChI is InChI=1S/C21H18ClN5O4S/c1-29-15-7-6-13(22)18-17(15)26-21(32-18)27(11-12-5-4-8-23-10-12)19(28)14-9-16(30-2)25-20(24-14)31-3/h4-10H,11H2,1-3H3. The zero-order valence-electron chi connectivity index (χ0n) is 17.4. The number of nitrogens with zero attached hydrogens (tertiary/aromatic N) is 5. The third kappa shape index (κ3) is 4.27. The van der Waals surface area contributed by atoms with Crippen molar-refractivity contribution in [1.82, 2.24) is 19.9 Å². The summed E-state index contributed by atoms with van der Waals surface area (Å²) in [4.78, 5) is 32.2. The topological polar surface area (TPSA) is 99.6 Å². The number of amides is 1. The summed E-state index contributed by atoms with van der Waals surface area (Å²) in [6, 6.07) is 8.60. The van der Waals surface area contributed by atoms with E-state index in [0.29, 0.717) is 26.1 Å². The molecule has 4 aromatic rings. The lowest BCUT2D eigenvalue weighted by Crippen LogP contribution is -2.31. The Hall–Kier alpha value is -3.50. The maximum Gasteiger partial charge on any atom is 0.320 e. The van der Waals surface area contributed by atoms with Crippen molar-refractivity contribution in [1.29, 1.82) is 0 Å². The van der Waals surface area contributed by atoms with Crippen molar-refractivity contribution >= 4 is 44.2 Å². The highest BCUT2D eigenvalue weighted by Gasteiger charge is 2.26. The molecule has 0 radical (unpaired) electrons. The van der Waals surface area contributed by atoms with Crippen LogP contribution in [0.1, 0.15) is 16.1 Å². The quantitative estimate of drug-likeness (QED) is 0.398. The number of fused-ring (bicyclic) bond motifs is 1. The SMILES string of the molecule is COc1cc(C(=O)N(Cc2cccnc2)c2nc3c(OC)ccc(Cl)c3s2)nc(OC)n1. The normalized spacial score (nSPS) is 10.8. The van der Waals surface area contributed by atoms with E-state index in [1.54, 1.807) is 37.7 Å². The maximum atomic E-state index is 13.6. The lowest BCUT2D eigenvalue weighted by Gasteiger charge is -2.19. The molecule has 0 aliphatic heterocycles. The van der Waals surface area contributed by atoms with Gasteiger partial charge in [-0.05, 0) is 23.8 Å². The summed E-state index contributed by atoms with van der Waals surface area (Å²) in [5.41, 5.74) is 1.47. The molecule has 9 nitrogen and oxygen atoms in total. The molecule has 0 bridgehead atoms. The summed E-state index contributed by atoms with van der Waals surface area (Å²) in [5.74, 6) is 0.351. The Kier molecular flexibility index (Phi) is 6.33. The number of anilines is 1. The van der Waals surface area contributed by atoms with Gasteiger partial charge < -0.3 is 14.2 Å². The zero-order chi connectivity index (χ0) is 22.7. The average molecular weight is 472 g/mol. The highest BCUT2D eigenvalue weighted by molar-refractivity contribution is 7.23. The number of thiazole rings is 1. The average Bonchev–Trinajstić information content (AvgIpc) is 3.29. The second kappa shape index (κ2) is 9.33. The van der Waals surface area contributed by atoms with Gasteiger partial charge in [0.1, 0.15) is 17.0 Å². The van der Waals surface area contributed by atoms with E-state index in [4.69, 9.17) is 25.8 Å². The fraction of sp³-hybridized carbons (Fsp3) is 0.190. The van der Waals surface area contributed by atoms with Gasteiger partial charge in [-0.25, -0.2) is 4.98 Å². The predicted molar refractivity (Wildman–Crippen MR) is 121 cm³/mol. The van der Waals surface area contributed by atoms with Crippen LogP contribution in [0.25, 0.3) is 10.2 Å². The molecular formula is C21H18ClN5O4S. The second-order valence-electron chi connectivity index (χ2n) is 6.46. The van der Waals surface area contributed by atoms with Crippen LogP contribution in [0, 0.1) is 0 Å². The van der Waals surface area contributed by atoms with Gasteiger partial charge >= 0.3 is 6.01 Å². The third-order valence-corrected chi connectivity index (χ3v) is 6.04. The molecule has 32 heavy (non-hydrogen) atoms. The summed E-state index contributed by atoms with van der Waals surface area (Å²) in [6.07, 6.45) is 3.35. The van der Waals surface area contributed by atoms with Crippen molar-refractivity contribution in [3.8, 4) is 17.6 Å². The molecule has 0 atom stereocenters. The molecule has 11 heteroatoms. The first-order valence-corrected chi connectivity index (χ1v) is 10.5. The van der Waals surface area contributed by atoms with Gasteiger partial charge in [0.15, 0.2) is 5.13 Å². The fourth-order valence-electron chi connectivity index (χ4n) is 2.97. The summed E-state index contributed by atoms with van der Waals surface area (Å²) in [7, 11) is 4.42. The highest BCUT2D eigenvalue weighted by atomic mass is 35.5. The van der Waals surface area contributed by atoms with Gasteiger partial charge in [0, 0.05) is 18.5 Å². The minimum Gasteiger partial charge on any atom is -0.494 e. The summed E-state index contributed by atoms with van der Waals surface area (Å²) in [5, 5.41) is 0.945. The molecule has 0 aliphatic rings. The monoisotopic (exact) mass is 471 g/mol. The molecule has 0 N–H and O–H groups in total. The number of carbonyl (C=O) groups is 1. The van der Waals surface area contributed by atoms with E-state index >= 15 is 0 Å². The molecule has 0 aliphatic carbocycles. The molecule has 164 valence electrons. The number of aromatic nitrogens is 4. The van der Waals surface area contributed by atoms with Crippen LogP contribution in [0.2, 0.25) is 5.02 Å². The highest BCUT2D eigenvalue weighted by Crippen LogP contribution is 2.39. The summed E-state index contributed by atoms with van der Waals surface area (Å²) in [6.45, 7) is 0.209. The smallest absolute Gasteiger partial charge is 0.320 e. The van der Waals surface area contributed by atoms with Crippen LogP contribution in [0.5, 0.6) is 17.6 Å². The number of ether oxygens (including phenoxy) is 3. The number of rotatable bonds is 7. The Morgan fingerprint density at radius 2 is 1.94 bits per heavy atom. The van der Waals surface area contributed by atoms with E-state index in [0.717, 1.165) is 5.56 Å². The Morgan fingerprint density at radius 3 is 2.62 bits per heavy atom. The Balaban J connectivity index is 1.84. The van der Waals surface area contributed by atoms with Crippen LogP contribution >= 0.6 is 22.9 Å². The van der Waals surface area contributed by atoms with Crippen molar-refractivity contribution < 1.29 is 19.0 Å². The van der Waals surface area contributed by atoms with Crippen LogP contribution in [-0.2, 0) is 6.54 Å². The number of pyridine rings is 1. The van der Waals surface area contributed by atoms with Crippen molar-refractivity contribution in [3.05, 3.63) is 59.0 Å². The minimum absolute atomic E-state index is 0.0167. The van der Waals surface area contributed by atoms with Gasteiger partial charge in [-0.15, -0.1) is 0 Å². The van der Waals surface area contributed by atoms with Gasteiger partial charge in [-0.1, -0.05) is 29.0 Å². The van der Waals surface area contributed by atoms with E-state index in [1.165, 1.54) is 36.5 Å². The van der Waals surface area contributed by atoms with Crippen LogP contribution in [0.15, 0.2) is 42.7 Å². The van der Waals surface area contributed by atoms with Crippen LogP contribution in [0.3, 0.4) is 0 Å². The number of methoxy groups -OCH3 is 3. The van der Waals surface area contributed by atoms with E-state index in [9.17, 15) is 4.79 Å².